The van der Waals surface area contributed by atoms with E-state index in [1.165, 1.54) is 0 Å². The summed E-state index contributed by atoms with van der Waals surface area (Å²) in [4.78, 5) is 49.9. The summed E-state index contributed by atoms with van der Waals surface area (Å²) in [6.45, 7) is -0.994. The monoisotopic (exact) mass is 483 g/mol. The Bertz CT molecular complexity index is 946. The summed E-state index contributed by atoms with van der Waals surface area (Å²) in [7, 11) is -16.7. The lowest BCUT2D eigenvalue weighted by molar-refractivity contribution is -0.0515. The van der Waals surface area contributed by atoms with Crippen molar-refractivity contribution in [3.63, 3.8) is 0 Å². The van der Waals surface area contributed by atoms with Gasteiger partial charge in [-0.25, -0.2) is 13.7 Å². The van der Waals surface area contributed by atoms with Crippen LogP contribution < -0.4 is 11.3 Å². The van der Waals surface area contributed by atoms with Crippen molar-refractivity contribution in [3.8, 4) is 0 Å². The van der Waals surface area contributed by atoms with E-state index in [1.54, 1.807) is 0 Å². The molecule has 1 fully saturated rings. The molecule has 1 aromatic heterocycles. The van der Waals surface area contributed by atoms with Crippen molar-refractivity contribution in [2.75, 3.05) is 12.3 Å². The van der Waals surface area contributed by atoms with Crippen molar-refractivity contribution in [2.45, 2.75) is 24.5 Å². The molecule has 0 amide bonds. The van der Waals surface area contributed by atoms with Gasteiger partial charge in [0.25, 0.3) is 5.56 Å². The molecule has 17 nitrogen and oxygen atoms in total. The first-order chi connectivity index (χ1) is 13.1. The molecule has 1 aliphatic heterocycles. The maximum absolute atomic E-state index is 11.7. The van der Waals surface area contributed by atoms with E-state index in [9.17, 15) is 33.6 Å². The maximum Gasteiger partial charge on any atom is 0.490 e. The lowest BCUT2D eigenvalue weighted by atomic mass is 10.1. The standard InChI is InChI=1S/C9H16N3O14P3/c10-9-11-5(13)1-2-12(9)8-7(15)6(14)4(24-8)3-23-28(19,20)26-29(21,22)25-27(16,17)18/h1-2,4,6-8,14-15H,3H2,(H,19,20)(H,21,22)(H2,10,11,13)(H2,16,17,18). The van der Waals surface area contributed by atoms with E-state index in [1.807, 2.05) is 0 Å². The lowest BCUT2D eigenvalue weighted by Gasteiger charge is -2.20. The summed E-state index contributed by atoms with van der Waals surface area (Å²) in [5.41, 5.74) is 4.84. The van der Waals surface area contributed by atoms with Crippen LogP contribution in [0.3, 0.4) is 0 Å². The van der Waals surface area contributed by atoms with Gasteiger partial charge < -0.3 is 40.3 Å². The van der Waals surface area contributed by atoms with Gasteiger partial charge in [-0.1, -0.05) is 0 Å². The Morgan fingerprint density at radius 3 is 2.28 bits per heavy atom. The van der Waals surface area contributed by atoms with Gasteiger partial charge in [0, 0.05) is 12.3 Å². The molecule has 29 heavy (non-hydrogen) atoms. The van der Waals surface area contributed by atoms with Crippen LogP contribution in [0.5, 0.6) is 0 Å². The summed E-state index contributed by atoms with van der Waals surface area (Å²) in [6.07, 6.45) is -5.15. The number of hydrogen-bond donors (Lipinski definition) is 7. The van der Waals surface area contributed by atoms with Crippen LogP contribution in [0.25, 0.3) is 0 Å². The van der Waals surface area contributed by atoms with Crippen LogP contribution in [0.15, 0.2) is 17.1 Å². The molecule has 166 valence electrons. The molecule has 6 atom stereocenters. The number of aliphatic hydroxyl groups is 2. The minimum atomic E-state index is -5.71. The number of aliphatic hydroxyl groups excluding tert-OH is 2. The summed E-state index contributed by atoms with van der Waals surface area (Å²) in [5, 5.41) is 20.0. The highest BCUT2D eigenvalue weighted by Gasteiger charge is 2.46. The fourth-order valence-electron chi connectivity index (χ4n) is 2.21. The fraction of sp³-hybridized carbons (Fsp3) is 0.556. The largest absolute Gasteiger partial charge is 0.490 e. The highest BCUT2D eigenvalue weighted by molar-refractivity contribution is 7.66. The fourth-order valence-corrected chi connectivity index (χ4v) is 5.24. The van der Waals surface area contributed by atoms with Gasteiger partial charge in [0.15, 0.2) is 6.23 Å². The third-order valence-electron chi connectivity index (χ3n) is 3.30. The molecule has 8 N–H and O–H groups in total. The molecular formula is C9H16N3O14P3. The van der Waals surface area contributed by atoms with Crippen molar-refractivity contribution < 1.29 is 61.4 Å². The predicted molar refractivity (Wildman–Crippen MR) is 88.6 cm³/mol. The van der Waals surface area contributed by atoms with Gasteiger partial charge in [0.2, 0.25) is 5.95 Å². The Kier molecular flexibility index (Phi) is 7.20. The second kappa shape index (κ2) is 8.61. The zero-order valence-corrected chi connectivity index (χ0v) is 16.6. The number of aromatic nitrogens is 2. The van der Waals surface area contributed by atoms with Gasteiger partial charge >= 0.3 is 23.5 Å². The lowest BCUT2D eigenvalue weighted by Crippen LogP contribution is -2.34. The molecule has 0 saturated carbocycles. The Morgan fingerprint density at radius 1 is 1.10 bits per heavy atom. The Balaban J connectivity index is 2.05. The van der Waals surface area contributed by atoms with E-state index in [-0.39, 0.29) is 5.95 Å². The van der Waals surface area contributed by atoms with E-state index in [0.717, 1.165) is 16.8 Å². The third kappa shape index (κ3) is 6.73. The van der Waals surface area contributed by atoms with Crippen molar-refractivity contribution in [2.24, 2.45) is 0 Å². The number of nitrogens with zero attached hydrogens (tertiary/aromatic N) is 2. The second-order valence-corrected chi connectivity index (χ2v) is 9.88. The van der Waals surface area contributed by atoms with Gasteiger partial charge in [0.1, 0.15) is 18.3 Å². The highest BCUT2D eigenvalue weighted by atomic mass is 31.3. The van der Waals surface area contributed by atoms with Crippen LogP contribution in [-0.2, 0) is 31.6 Å². The minimum Gasteiger partial charge on any atom is -0.387 e. The smallest absolute Gasteiger partial charge is 0.387 e. The summed E-state index contributed by atoms with van der Waals surface area (Å²) in [5.74, 6) is -0.373. The van der Waals surface area contributed by atoms with Crippen molar-refractivity contribution in [1.82, 2.24) is 9.55 Å². The van der Waals surface area contributed by atoms with Crippen LogP contribution >= 0.6 is 23.5 Å². The van der Waals surface area contributed by atoms with Crippen molar-refractivity contribution in [1.29, 1.82) is 0 Å². The normalized spacial score (nSPS) is 29.3. The van der Waals surface area contributed by atoms with Crippen molar-refractivity contribution >= 4 is 29.4 Å². The topological polar surface area (TPSA) is 270 Å². The van der Waals surface area contributed by atoms with E-state index < -0.39 is 60.2 Å². The third-order valence-corrected chi connectivity index (χ3v) is 7.10. The number of rotatable bonds is 8. The molecule has 20 heteroatoms. The van der Waals surface area contributed by atoms with Gasteiger partial charge in [-0.2, -0.15) is 13.6 Å². The number of hydrogen-bond acceptors (Lipinski definition) is 12. The van der Waals surface area contributed by atoms with Crippen LogP contribution in [0, 0.1) is 0 Å². The average Bonchev–Trinajstić information content (AvgIpc) is 2.78. The first kappa shape index (κ1) is 24.2. The molecule has 2 heterocycles. The number of anilines is 1. The van der Waals surface area contributed by atoms with Crippen LogP contribution in [0.4, 0.5) is 5.95 Å². The molecule has 1 aliphatic rings. The average molecular weight is 483 g/mol. The van der Waals surface area contributed by atoms with Gasteiger partial charge in [-0.05, 0) is 0 Å². The Labute approximate surface area is 160 Å². The van der Waals surface area contributed by atoms with E-state index in [0.29, 0.717) is 0 Å². The molecular weight excluding hydrogens is 467 g/mol. The molecule has 0 spiro atoms. The highest BCUT2D eigenvalue weighted by Crippen LogP contribution is 2.66. The molecule has 1 saturated heterocycles. The van der Waals surface area contributed by atoms with Crippen LogP contribution in [-0.4, -0.2) is 64.3 Å². The molecule has 1 aromatic rings. The van der Waals surface area contributed by atoms with Crippen LogP contribution in [0.1, 0.15) is 6.23 Å². The molecule has 0 radical (unpaired) electrons. The quantitative estimate of drug-likeness (QED) is 0.193. The molecule has 0 aliphatic carbocycles. The maximum atomic E-state index is 11.7. The summed E-state index contributed by atoms with van der Waals surface area (Å²) < 4.78 is 51.1. The second-order valence-electron chi connectivity index (χ2n) is 5.46. The number of nitrogen functional groups attached to an aromatic ring is 1. The van der Waals surface area contributed by atoms with Crippen molar-refractivity contribution in [3.05, 3.63) is 22.6 Å². The van der Waals surface area contributed by atoms with Crippen LogP contribution in [0.2, 0.25) is 0 Å². The van der Waals surface area contributed by atoms with E-state index in [2.05, 4.69) is 18.1 Å². The molecule has 0 aromatic carbocycles. The Morgan fingerprint density at radius 2 is 1.72 bits per heavy atom. The van der Waals surface area contributed by atoms with Gasteiger partial charge in [-0.15, -0.1) is 0 Å². The molecule has 2 rings (SSSR count). The summed E-state index contributed by atoms with van der Waals surface area (Å²) in [6, 6.07) is 0.984. The molecule has 0 bridgehead atoms. The Hall–Kier alpha value is -1.03. The predicted octanol–water partition coefficient (Wildman–Crippen LogP) is -2.21. The first-order valence-corrected chi connectivity index (χ1v) is 11.8. The number of phosphoric ester groups is 1. The van der Waals surface area contributed by atoms with E-state index in [4.69, 9.17) is 25.2 Å². The minimum absolute atomic E-state index is 0.373. The number of nitrogens with two attached hydrogens (primary N) is 1. The zero-order valence-electron chi connectivity index (χ0n) is 13.9. The first-order valence-electron chi connectivity index (χ1n) is 7.25. The van der Waals surface area contributed by atoms with Gasteiger partial charge in [0.05, 0.1) is 6.61 Å². The number of phosphoric acid groups is 3. The SMILES string of the molecule is Nc1nc(=O)ccn1C1OC(COP(=O)(O)OP(=O)(O)OP(=O)(O)O)C(O)C1O. The van der Waals surface area contributed by atoms with Gasteiger partial charge in [-0.3, -0.25) is 13.9 Å². The summed E-state index contributed by atoms with van der Waals surface area (Å²) >= 11 is 0. The zero-order chi connectivity index (χ0) is 22.2. The van der Waals surface area contributed by atoms with E-state index >= 15 is 0 Å². The molecule has 6 unspecified atom stereocenters. The number of ether oxygens (including phenoxy) is 1.